The van der Waals surface area contributed by atoms with Crippen molar-refractivity contribution in [1.82, 2.24) is 0 Å². The standard InChI is InChI=1S/C32H54O11S/c1-16(2)25(42-30-29(37)28(36)26(15-41-30)43-44(38,39)40)7-6-17(3)21-14-24(35)27-19-13-23(34)22-12-18(33)8-10-31(22,4)20(19)9-11-32(21,27)5/h6-7,16-30,33-37H,8-15H2,1-5H3,(H,38,39,40)/b7-6+/t17-,18+,19+,20+,21-,22+,23+,24+,25+,26-,27-,28+,29-,30+,31-,32-/m1/s1. The third-order valence-corrected chi connectivity index (χ3v) is 13.1. The number of hydrogen-bond acceptors (Lipinski definition) is 10. The third kappa shape index (κ3) is 6.42. The van der Waals surface area contributed by atoms with Crippen LogP contribution in [-0.2, 0) is 24.1 Å². The summed E-state index contributed by atoms with van der Waals surface area (Å²) in [4.78, 5) is 0. The van der Waals surface area contributed by atoms with Gasteiger partial charge in [-0.2, -0.15) is 8.42 Å². The molecule has 0 aromatic rings. The Morgan fingerprint density at radius 3 is 2.20 bits per heavy atom. The van der Waals surface area contributed by atoms with E-state index in [4.69, 9.17) is 14.0 Å². The van der Waals surface area contributed by atoms with E-state index in [9.17, 15) is 34.0 Å². The van der Waals surface area contributed by atoms with E-state index in [0.717, 1.165) is 25.7 Å². The Kier molecular flexibility index (Phi) is 10.0. The SMILES string of the molecule is CC(C)[C@H](/C=C/[C@@H](C)[C@H]1C[C@H](O)[C@H]2[C@H]3C[C@H](O)[C@@H]4C[C@@H](O)CC[C@]4(C)[C@H]3CC[C@@]21C)O[C@@H]1OC[C@@H](OS(=O)(=O)O)[C@H](O)[C@H]1O. The highest BCUT2D eigenvalue weighted by Gasteiger charge is 2.64. The minimum Gasteiger partial charge on any atom is -0.393 e. The molecule has 16 atom stereocenters. The van der Waals surface area contributed by atoms with Gasteiger partial charge in [0.05, 0.1) is 31.0 Å². The van der Waals surface area contributed by atoms with E-state index in [1.165, 1.54) is 0 Å². The first-order valence-corrected chi connectivity index (χ1v) is 17.8. The Morgan fingerprint density at radius 2 is 1.55 bits per heavy atom. The molecule has 6 N–H and O–H groups in total. The zero-order chi connectivity index (χ0) is 32.4. The zero-order valence-corrected chi connectivity index (χ0v) is 27.4. The number of fused-ring (bicyclic) bond motifs is 5. The maximum Gasteiger partial charge on any atom is 0.397 e. The molecule has 0 aromatic heterocycles. The molecule has 44 heavy (non-hydrogen) atoms. The second kappa shape index (κ2) is 12.7. The quantitative estimate of drug-likeness (QED) is 0.168. The molecule has 5 aliphatic rings. The number of aliphatic hydroxyl groups excluding tert-OH is 5. The molecular formula is C32H54O11S. The van der Waals surface area contributed by atoms with Crippen molar-refractivity contribution in [3.63, 3.8) is 0 Å². The number of hydrogen-bond donors (Lipinski definition) is 6. The topological polar surface area (TPSA) is 183 Å². The summed E-state index contributed by atoms with van der Waals surface area (Å²) in [5.41, 5.74) is -0.115. The monoisotopic (exact) mass is 646 g/mol. The summed E-state index contributed by atoms with van der Waals surface area (Å²) in [5, 5.41) is 54.2. The highest BCUT2D eigenvalue weighted by atomic mass is 32.3. The molecular weight excluding hydrogens is 592 g/mol. The van der Waals surface area contributed by atoms with Crippen molar-refractivity contribution in [2.24, 2.45) is 52.3 Å². The van der Waals surface area contributed by atoms with Crippen LogP contribution in [0.2, 0.25) is 0 Å². The van der Waals surface area contributed by atoms with Crippen LogP contribution in [0.3, 0.4) is 0 Å². The highest BCUT2D eigenvalue weighted by molar-refractivity contribution is 7.80. The molecule has 4 aliphatic carbocycles. The number of ether oxygens (including phenoxy) is 2. The van der Waals surface area contributed by atoms with Crippen molar-refractivity contribution >= 4 is 10.4 Å². The Bertz CT molecular complexity index is 1150. The van der Waals surface area contributed by atoms with Crippen LogP contribution >= 0.6 is 0 Å². The van der Waals surface area contributed by atoms with Crippen molar-refractivity contribution < 1.29 is 52.2 Å². The molecule has 1 heterocycles. The van der Waals surface area contributed by atoms with Crippen LogP contribution in [-0.4, -0.2) is 94.1 Å². The Balaban J connectivity index is 1.27. The van der Waals surface area contributed by atoms with Crippen molar-refractivity contribution in [2.45, 2.75) is 129 Å². The zero-order valence-electron chi connectivity index (χ0n) is 26.6. The fraction of sp³-hybridized carbons (Fsp3) is 0.938. The number of rotatable bonds is 8. The van der Waals surface area contributed by atoms with E-state index < -0.39 is 59.9 Å². The Morgan fingerprint density at radius 1 is 0.864 bits per heavy atom. The molecule has 0 aromatic carbocycles. The lowest BCUT2D eigenvalue weighted by Gasteiger charge is -2.62. The van der Waals surface area contributed by atoms with Gasteiger partial charge in [-0.15, -0.1) is 0 Å². The number of aliphatic hydroxyl groups is 5. The summed E-state index contributed by atoms with van der Waals surface area (Å²) in [6.07, 6.45) is 2.17. The minimum atomic E-state index is -4.84. The van der Waals surface area contributed by atoms with Gasteiger partial charge in [-0.3, -0.25) is 4.55 Å². The van der Waals surface area contributed by atoms with Crippen LogP contribution < -0.4 is 0 Å². The van der Waals surface area contributed by atoms with Gasteiger partial charge in [-0.05, 0) is 97.2 Å². The summed E-state index contributed by atoms with van der Waals surface area (Å²) in [5.74, 6) is 1.20. The molecule has 0 radical (unpaired) electrons. The summed E-state index contributed by atoms with van der Waals surface area (Å²) in [6, 6.07) is 0. The predicted octanol–water partition coefficient (Wildman–Crippen LogP) is 2.45. The summed E-state index contributed by atoms with van der Waals surface area (Å²) in [7, 11) is -4.84. The van der Waals surface area contributed by atoms with Crippen molar-refractivity contribution in [2.75, 3.05) is 6.61 Å². The molecule has 12 heteroatoms. The van der Waals surface area contributed by atoms with Gasteiger partial charge < -0.3 is 35.0 Å². The van der Waals surface area contributed by atoms with Crippen molar-refractivity contribution in [3.05, 3.63) is 12.2 Å². The largest absolute Gasteiger partial charge is 0.397 e. The van der Waals surface area contributed by atoms with E-state index in [0.29, 0.717) is 25.2 Å². The average molecular weight is 647 g/mol. The molecule has 0 bridgehead atoms. The van der Waals surface area contributed by atoms with E-state index in [1.54, 1.807) is 0 Å². The number of allylic oxidation sites excluding steroid dienone is 1. The van der Waals surface area contributed by atoms with E-state index in [2.05, 4.69) is 31.0 Å². The minimum absolute atomic E-state index is 0.0162. The maximum atomic E-state index is 11.6. The first-order valence-electron chi connectivity index (χ1n) is 16.5. The van der Waals surface area contributed by atoms with Gasteiger partial charge in [0.15, 0.2) is 6.29 Å². The summed E-state index contributed by atoms with van der Waals surface area (Å²) < 4.78 is 47.0. The molecule has 1 aliphatic heterocycles. The summed E-state index contributed by atoms with van der Waals surface area (Å²) >= 11 is 0. The van der Waals surface area contributed by atoms with Gasteiger partial charge in [0.1, 0.15) is 18.3 Å². The first kappa shape index (κ1) is 34.7. The second-order valence-electron chi connectivity index (χ2n) is 15.4. The van der Waals surface area contributed by atoms with E-state index >= 15 is 0 Å². The molecule has 4 saturated carbocycles. The summed E-state index contributed by atoms with van der Waals surface area (Å²) in [6.45, 7) is 10.3. The fourth-order valence-electron chi connectivity index (χ4n) is 10.3. The molecule has 254 valence electrons. The molecule has 0 amide bonds. The van der Waals surface area contributed by atoms with E-state index in [1.807, 2.05) is 19.9 Å². The first-order chi connectivity index (χ1) is 20.5. The van der Waals surface area contributed by atoms with Gasteiger partial charge in [0, 0.05) is 0 Å². The lowest BCUT2D eigenvalue weighted by atomic mass is 9.43. The lowest BCUT2D eigenvalue weighted by Crippen LogP contribution is -2.59. The molecule has 5 rings (SSSR count). The molecule has 11 nitrogen and oxygen atoms in total. The van der Waals surface area contributed by atoms with Crippen LogP contribution in [0.5, 0.6) is 0 Å². The average Bonchev–Trinajstić information content (AvgIpc) is 3.21. The Labute approximate surface area is 261 Å². The van der Waals surface area contributed by atoms with Gasteiger partial charge >= 0.3 is 10.4 Å². The maximum absolute atomic E-state index is 11.6. The van der Waals surface area contributed by atoms with Crippen LogP contribution in [0.15, 0.2) is 12.2 Å². The fourth-order valence-corrected chi connectivity index (χ4v) is 10.8. The van der Waals surface area contributed by atoms with Crippen molar-refractivity contribution in [3.8, 4) is 0 Å². The second-order valence-corrected chi connectivity index (χ2v) is 16.5. The third-order valence-electron chi connectivity index (χ3n) is 12.6. The molecule has 0 spiro atoms. The van der Waals surface area contributed by atoms with Crippen molar-refractivity contribution in [1.29, 1.82) is 0 Å². The van der Waals surface area contributed by atoms with E-state index in [-0.39, 0.29) is 52.4 Å². The van der Waals surface area contributed by atoms with Gasteiger partial charge in [-0.1, -0.05) is 46.8 Å². The van der Waals surface area contributed by atoms with Gasteiger partial charge in [0.25, 0.3) is 0 Å². The molecule has 1 saturated heterocycles. The van der Waals surface area contributed by atoms with Crippen LogP contribution in [0.4, 0.5) is 0 Å². The lowest BCUT2D eigenvalue weighted by molar-refractivity contribution is -0.277. The highest BCUT2D eigenvalue weighted by Crippen LogP contribution is 2.68. The van der Waals surface area contributed by atoms with Crippen LogP contribution in [0.25, 0.3) is 0 Å². The molecule has 5 fully saturated rings. The Hall–Kier alpha value is -0.670. The van der Waals surface area contributed by atoms with Gasteiger partial charge in [0.2, 0.25) is 0 Å². The normalized spacial score (nSPS) is 49.4. The smallest absolute Gasteiger partial charge is 0.393 e. The van der Waals surface area contributed by atoms with Crippen LogP contribution in [0.1, 0.15) is 79.6 Å². The van der Waals surface area contributed by atoms with Gasteiger partial charge in [-0.25, -0.2) is 4.18 Å². The molecule has 0 unspecified atom stereocenters. The predicted molar refractivity (Wildman–Crippen MR) is 160 cm³/mol. The van der Waals surface area contributed by atoms with Crippen LogP contribution in [0, 0.1) is 52.3 Å².